The Labute approximate surface area is 180 Å². The summed E-state index contributed by atoms with van der Waals surface area (Å²) in [5.41, 5.74) is 2.92. The van der Waals surface area contributed by atoms with Crippen LogP contribution >= 0.6 is 11.3 Å². The average molecular weight is 422 g/mol. The predicted molar refractivity (Wildman–Crippen MR) is 118 cm³/mol. The Morgan fingerprint density at radius 3 is 2.70 bits per heavy atom. The largest absolute Gasteiger partial charge is 0.293 e. The van der Waals surface area contributed by atoms with Crippen LogP contribution in [0.15, 0.2) is 46.8 Å². The lowest BCUT2D eigenvalue weighted by atomic mass is 10.1. The molecule has 30 heavy (non-hydrogen) atoms. The van der Waals surface area contributed by atoms with Gasteiger partial charge in [0.05, 0.1) is 22.9 Å². The first kappa shape index (κ1) is 19.6. The molecule has 3 aromatic heterocycles. The van der Waals surface area contributed by atoms with Gasteiger partial charge in [-0.25, -0.2) is 9.67 Å². The molecule has 3 aromatic rings. The van der Waals surface area contributed by atoms with Crippen LogP contribution in [0.5, 0.6) is 0 Å². The van der Waals surface area contributed by atoms with Crippen LogP contribution in [0.4, 0.5) is 0 Å². The van der Waals surface area contributed by atoms with Crippen molar-refractivity contribution in [2.75, 3.05) is 6.54 Å². The predicted octanol–water partition coefficient (Wildman–Crippen LogP) is 4.08. The molecular weight excluding hydrogens is 394 g/mol. The number of aromatic nitrogens is 4. The zero-order valence-electron chi connectivity index (χ0n) is 17.1. The van der Waals surface area contributed by atoms with Crippen LogP contribution in [0.1, 0.15) is 55.1 Å². The summed E-state index contributed by atoms with van der Waals surface area (Å²) in [5.74, 6) is 0.678. The molecule has 7 heteroatoms. The van der Waals surface area contributed by atoms with Crippen molar-refractivity contribution >= 4 is 11.3 Å². The highest BCUT2D eigenvalue weighted by atomic mass is 32.1. The van der Waals surface area contributed by atoms with Gasteiger partial charge in [0.25, 0.3) is 5.56 Å². The van der Waals surface area contributed by atoms with Crippen LogP contribution in [0.3, 0.4) is 0 Å². The van der Waals surface area contributed by atoms with Crippen molar-refractivity contribution in [2.24, 2.45) is 0 Å². The lowest BCUT2D eigenvalue weighted by Gasteiger charge is -2.24. The van der Waals surface area contributed by atoms with Crippen LogP contribution in [0, 0.1) is 0 Å². The van der Waals surface area contributed by atoms with E-state index in [1.54, 1.807) is 29.2 Å². The number of hydrogen-bond acceptors (Lipinski definition) is 6. The number of thiazole rings is 1. The van der Waals surface area contributed by atoms with Crippen molar-refractivity contribution in [1.29, 1.82) is 0 Å². The summed E-state index contributed by atoms with van der Waals surface area (Å²) < 4.78 is 1.63. The topological polar surface area (TPSA) is 63.9 Å². The maximum absolute atomic E-state index is 12.5. The van der Waals surface area contributed by atoms with E-state index in [-0.39, 0.29) is 5.56 Å². The summed E-state index contributed by atoms with van der Waals surface area (Å²) in [4.78, 5) is 24.0. The molecule has 1 saturated carbocycles. The first-order valence-corrected chi connectivity index (χ1v) is 11.8. The van der Waals surface area contributed by atoms with E-state index < -0.39 is 0 Å². The molecule has 2 fully saturated rings. The van der Waals surface area contributed by atoms with Crippen LogP contribution in [0.25, 0.3) is 11.3 Å². The summed E-state index contributed by atoms with van der Waals surface area (Å²) in [6.45, 7) is 2.55. The first-order chi connectivity index (χ1) is 14.8. The van der Waals surface area contributed by atoms with E-state index in [4.69, 9.17) is 4.98 Å². The number of hydrogen-bond donors (Lipinski definition) is 0. The molecule has 2 aliphatic rings. The zero-order chi connectivity index (χ0) is 20.3. The summed E-state index contributed by atoms with van der Waals surface area (Å²) in [6, 6.07) is 7.57. The fourth-order valence-corrected chi connectivity index (χ4v) is 5.71. The summed E-state index contributed by atoms with van der Waals surface area (Å²) >= 11 is 1.83. The van der Waals surface area contributed by atoms with Gasteiger partial charge in [-0.15, -0.1) is 11.3 Å². The molecule has 6 nitrogen and oxygen atoms in total. The molecule has 1 saturated heterocycles. The monoisotopic (exact) mass is 421 g/mol. The first-order valence-electron chi connectivity index (χ1n) is 10.9. The molecule has 5 rings (SSSR count). The van der Waals surface area contributed by atoms with E-state index in [0.29, 0.717) is 18.5 Å². The maximum atomic E-state index is 12.5. The van der Waals surface area contributed by atoms with Gasteiger partial charge < -0.3 is 0 Å². The van der Waals surface area contributed by atoms with Gasteiger partial charge in [0.15, 0.2) is 0 Å². The van der Waals surface area contributed by atoms with Gasteiger partial charge in [-0.2, -0.15) is 5.10 Å². The van der Waals surface area contributed by atoms with Gasteiger partial charge in [0, 0.05) is 47.9 Å². The van der Waals surface area contributed by atoms with Gasteiger partial charge in [-0.1, -0.05) is 12.8 Å². The van der Waals surface area contributed by atoms with Gasteiger partial charge in [-0.05, 0) is 50.4 Å². The van der Waals surface area contributed by atoms with E-state index in [1.807, 2.05) is 23.5 Å². The number of nitrogens with zero attached hydrogens (tertiary/aromatic N) is 5. The summed E-state index contributed by atoms with van der Waals surface area (Å²) in [6.07, 6.45) is 11.0. The van der Waals surface area contributed by atoms with E-state index in [2.05, 4.69) is 20.4 Å². The number of pyridine rings is 1. The van der Waals surface area contributed by atoms with Crippen LogP contribution in [0.2, 0.25) is 0 Å². The normalized spacial score (nSPS) is 20.2. The van der Waals surface area contributed by atoms with Crippen molar-refractivity contribution < 1.29 is 0 Å². The minimum Gasteiger partial charge on any atom is -0.293 e. The molecule has 1 atom stereocenters. The molecule has 0 aromatic carbocycles. The quantitative estimate of drug-likeness (QED) is 0.600. The van der Waals surface area contributed by atoms with Crippen molar-refractivity contribution in [3.63, 3.8) is 0 Å². The minimum atomic E-state index is -0.0446. The highest BCUT2D eigenvalue weighted by molar-refractivity contribution is 7.09. The fourth-order valence-electron chi connectivity index (χ4n) is 4.73. The van der Waals surface area contributed by atoms with Gasteiger partial charge >= 0.3 is 0 Å². The molecule has 156 valence electrons. The second kappa shape index (κ2) is 8.78. The third kappa shape index (κ3) is 4.23. The number of likely N-dealkylation sites (tertiary alicyclic amines) is 1. The second-order valence-corrected chi connectivity index (χ2v) is 9.29. The Kier molecular flexibility index (Phi) is 5.73. The Balaban J connectivity index is 1.29. The van der Waals surface area contributed by atoms with Crippen molar-refractivity contribution in [3.05, 3.63) is 63.1 Å². The van der Waals surface area contributed by atoms with E-state index >= 15 is 0 Å². The third-order valence-corrected chi connectivity index (χ3v) is 7.42. The molecule has 0 amide bonds. The SMILES string of the molecule is O=c1ccc(-c2ccncc2)nn1CC1CCCN1Cc1csc(C2CCCC2)n1. The molecule has 0 N–H and O–H groups in total. The Hall–Kier alpha value is -2.38. The van der Waals surface area contributed by atoms with E-state index in [1.165, 1.54) is 36.4 Å². The van der Waals surface area contributed by atoms with Gasteiger partial charge in [0.2, 0.25) is 0 Å². The lowest BCUT2D eigenvalue weighted by molar-refractivity contribution is 0.215. The lowest BCUT2D eigenvalue weighted by Crippen LogP contribution is -2.36. The molecule has 0 radical (unpaired) electrons. The Morgan fingerprint density at radius 1 is 1.03 bits per heavy atom. The van der Waals surface area contributed by atoms with Crippen LogP contribution in [-0.4, -0.2) is 37.2 Å². The molecular formula is C23H27N5OS. The zero-order valence-corrected chi connectivity index (χ0v) is 17.9. The molecule has 1 unspecified atom stereocenters. The smallest absolute Gasteiger partial charge is 0.266 e. The van der Waals surface area contributed by atoms with Crippen molar-refractivity contribution in [2.45, 2.75) is 63.6 Å². The third-order valence-electron chi connectivity index (χ3n) is 6.36. The van der Waals surface area contributed by atoms with E-state index in [0.717, 1.165) is 37.2 Å². The van der Waals surface area contributed by atoms with Crippen molar-refractivity contribution in [3.8, 4) is 11.3 Å². The maximum Gasteiger partial charge on any atom is 0.266 e. The minimum absolute atomic E-state index is 0.0446. The second-order valence-electron chi connectivity index (χ2n) is 8.40. The highest BCUT2D eigenvalue weighted by Crippen LogP contribution is 2.36. The van der Waals surface area contributed by atoms with Crippen molar-refractivity contribution in [1.82, 2.24) is 24.6 Å². The molecule has 4 heterocycles. The number of rotatable bonds is 6. The molecule has 0 bridgehead atoms. The van der Waals surface area contributed by atoms with Gasteiger partial charge in [-0.3, -0.25) is 14.7 Å². The molecule has 0 spiro atoms. The fraction of sp³-hybridized carbons (Fsp3) is 0.478. The average Bonchev–Trinajstić information content (AvgIpc) is 3.53. The summed E-state index contributed by atoms with van der Waals surface area (Å²) in [5, 5.41) is 8.19. The Morgan fingerprint density at radius 2 is 1.87 bits per heavy atom. The highest BCUT2D eigenvalue weighted by Gasteiger charge is 2.27. The standard InChI is InChI=1S/C23H27N5OS/c29-22-8-7-21(17-9-11-24-12-10-17)26-28(22)15-20-6-3-13-27(20)14-19-16-30-23(25-19)18-4-1-2-5-18/h7-12,16,18,20H,1-6,13-15H2. The Bertz CT molecular complexity index is 1040. The van der Waals surface area contributed by atoms with Crippen LogP contribution < -0.4 is 5.56 Å². The van der Waals surface area contributed by atoms with Gasteiger partial charge in [0.1, 0.15) is 0 Å². The summed E-state index contributed by atoms with van der Waals surface area (Å²) in [7, 11) is 0. The van der Waals surface area contributed by atoms with E-state index in [9.17, 15) is 4.79 Å². The van der Waals surface area contributed by atoms with Crippen LogP contribution in [-0.2, 0) is 13.1 Å². The molecule has 1 aliphatic heterocycles. The molecule has 1 aliphatic carbocycles.